The summed E-state index contributed by atoms with van der Waals surface area (Å²) < 4.78 is 0. The lowest BCUT2D eigenvalue weighted by Crippen LogP contribution is -2.03. The third-order valence-electron chi connectivity index (χ3n) is 1.87. The molecule has 11 heavy (non-hydrogen) atoms. The van der Waals surface area contributed by atoms with Crippen molar-refractivity contribution in [2.24, 2.45) is 5.73 Å². The van der Waals surface area contributed by atoms with E-state index in [0.717, 1.165) is 18.1 Å². The lowest BCUT2D eigenvalue weighted by molar-refractivity contribution is 0.874. The lowest BCUT2D eigenvalue weighted by atomic mass is 10.4. The van der Waals surface area contributed by atoms with Crippen molar-refractivity contribution >= 4 is 0 Å². The predicted octanol–water partition coefficient (Wildman–Crippen LogP) is 0.183. The zero-order chi connectivity index (χ0) is 7.68. The zero-order valence-electron chi connectivity index (χ0n) is 6.38. The molecule has 2 rings (SSSR count). The summed E-state index contributed by atoms with van der Waals surface area (Å²) in [5.41, 5.74) is 5.37. The smallest absolute Gasteiger partial charge is 0.153 e. The van der Waals surface area contributed by atoms with Gasteiger partial charge in [-0.3, -0.25) is 5.10 Å². The second-order valence-electron chi connectivity index (χ2n) is 2.95. The van der Waals surface area contributed by atoms with Crippen LogP contribution >= 0.6 is 0 Å². The molecule has 0 bridgehead atoms. The number of nitrogens with zero attached hydrogens (tertiary/aromatic N) is 2. The van der Waals surface area contributed by atoms with Crippen LogP contribution in [0.25, 0.3) is 0 Å². The van der Waals surface area contributed by atoms with Gasteiger partial charge in [-0.25, -0.2) is 4.98 Å². The molecule has 1 fully saturated rings. The molecule has 1 aliphatic carbocycles. The van der Waals surface area contributed by atoms with Crippen molar-refractivity contribution in [3.05, 3.63) is 11.6 Å². The maximum absolute atomic E-state index is 5.37. The summed E-state index contributed by atoms with van der Waals surface area (Å²) >= 11 is 0. The van der Waals surface area contributed by atoms with Gasteiger partial charge in [0.1, 0.15) is 5.82 Å². The average molecular weight is 152 g/mol. The van der Waals surface area contributed by atoms with Gasteiger partial charge in [-0.2, -0.15) is 5.10 Å². The number of nitrogens with one attached hydrogen (secondary N) is 1. The molecule has 0 aliphatic heterocycles. The molecule has 1 aromatic rings. The molecule has 0 saturated heterocycles. The van der Waals surface area contributed by atoms with Crippen molar-refractivity contribution in [2.75, 3.05) is 6.54 Å². The van der Waals surface area contributed by atoms with E-state index in [9.17, 15) is 0 Å². The number of aromatic nitrogens is 3. The number of rotatable bonds is 3. The zero-order valence-corrected chi connectivity index (χ0v) is 6.38. The van der Waals surface area contributed by atoms with Gasteiger partial charge in [-0.1, -0.05) is 0 Å². The highest BCUT2D eigenvalue weighted by Crippen LogP contribution is 2.37. The lowest BCUT2D eigenvalue weighted by Gasteiger charge is -1.86. The number of nitrogens with two attached hydrogens (primary N) is 1. The van der Waals surface area contributed by atoms with E-state index in [-0.39, 0.29) is 0 Å². The molecule has 3 N–H and O–H groups in total. The molecule has 60 valence electrons. The monoisotopic (exact) mass is 152 g/mol. The Bertz CT molecular complexity index is 238. The number of H-pyrrole nitrogens is 1. The van der Waals surface area contributed by atoms with Gasteiger partial charge >= 0.3 is 0 Å². The second-order valence-corrected chi connectivity index (χ2v) is 2.95. The van der Waals surface area contributed by atoms with E-state index in [0.29, 0.717) is 12.5 Å². The molecule has 1 aliphatic rings. The number of hydrogen-bond acceptors (Lipinski definition) is 3. The first-order valence-electron chi connectivity index (χ1n) is 4.01. The van der Waals surface area contributed by atoms with Crippen LogP contribution in [0.5, 0.6) is 0 Å². The summed E-state index contributed by atoms with van der Waals surface area (Å²) in [6, 6.07) is 0. The van der Waals surface area contributed by atoms with E-state index in [4.69, 9.17) is 5.73 Å². The Labute approximate surface area is 65.2 Å². The van der Waals surface area contributed by atoms with E-state index in [1.165, 1.54) is 12.8 Å². The summed E-state index contributed by atoms with van der Waals surface area (Å²) in [5.74, 6) is 2.54. The van der Waals surface area contributed by atoms with Crippen LogP contribution in [0.4, 0.5) is 0 Å². The second kappa shape index (κ2) is 2.62. The van der Waals surface area contributed by atoms with Crippen molar-refractivity contribution in [1.29, 1.82) is 0 Å². The van der Waals surface area contributed by atoms with Crippen LogP contribution in [0.2, 0.25) is 0 Å². The highest BCUT2D eigenvalue weighted by molar-refractivity contribution is 5.04. The molecule has 0 amide bonds. The van der Waals surface area contributed by atoms with Crippen molar-refractivity contribution in [3.8, 4) is 0 Å². The van der Waals surface area contributed by atoms with Gasteiger partial charge in [0, 0.05) is 12.3 Å². The molecule has 1 aromatic heterocycles. The first-order valence-corrected chi connectivity index (χ1v) is 4.01. The van der Waals surface area contributed by atoms with Crippen LogP contribution < -0.4 is 5.73 Å². The van der Waals surface area contributed by atoms with Gasteiger partial charge in [-0.05, 0) is 19.4 Å². The van der Waals surface area contributed by atoms with Crippen LogP contribution in [0.3, 0.4) is 0 Å². The molecular formula is C7H12N4. The molecule has 0 atom stereocenters. The highest BCUT2D eigenvalue weighted by Gasteiger charge is 2.27. The Hall–Kier alpha value is -0.900. The van der Waals surface area contributed by atoms with E-state index in [1.807, 2.05) is 0 Å². The summed E-state index contributed by atoms with van der Waals surface area (Å²) in [6.45, 7) is 0.638. The summed E-state index contributed by atoms with van der Waals surface area (Å²) in [7, 11) is 0. The molecule has 0 aromatic carbocycles. The highest BCUT2D eigenvalue weighted by atomic mass is 15.2. The minimum absolute atomic E-state index is 0.637. The minimum atomic E-state index is 0.637. The quantitative estimate of drug-likeness (QED) is 0.649. The Morgan fingerprint density at radius 2 is 2.36 bits per heavy atom. The van der Waals surface area contributed by atoms with Gasteiger partial charge in [0.05, 0.1) is 0 Å². The van der Waals surface area contributed by atoms with E-state index < -0.39 is 0 Å². The Balaban J connectivity index is 2.06. The first-order chi connectivity index (χ1) is 5.40. The first kappa shape index (κ1) is 6.79. The van der Waals surface area contributed by atoms with Crippen LogP contribution in [0.1, 0.15) is 30.4 Å². The normalized spacial score (nSPS) is 17.2. The summed E-state index contributed by atoms with van der Waals surface area (Å²) in [4.78, 5) is 4.32. The number of aromatic amines is 1. The van der Waals surface area contributed by atoms with Gasteiger partial charge in [0.25, 0.3) is 0 Å². The van der Waals surface area contributed by atoms with Crippen molar-refractivity contribution in [1.82, 2.24) is 15.2 Å². The SMILES string of the molecule is NCCc1nc(C2CC2)n[nH]1. The third kappa shape index (κ3) is 1.40. The predicted molar refractivity (Wildman–Crippen MR) is 41.1 cm³/mol. The molecular weight excluding hydrogens is 140 g/mol. The maximum atomic E-state index is 5.37. The molecule has 0 radical (unpaired) electrons. The minimum Gasteiger partial charge on any atom is -0.330 e. The average Bonchev–Trinajstić information content (AvgIpc) is 2.75. The van der Waals surface area contributed by atoms with Crippen molar-refractivity contribution in [2.45, 2.75) is 25.2 Å². The van der Waals surface area contributed by atoms with E-state index in [2.05, 4.69) is 15.2 Å². The molecule has 1 saturated carbocycles. The summed E-state index contributed by atoms with van der Waals surface area (Å²) in [5, 5.41) is 6.99. The molecule has 0 spiro atoms. The largest absolute Gasteiger partial charge is 0.330 e. The van der Waals surface area contributed by atoms with Gasteiger partial charge in [0.2, 0.25) is 0 Å². The fourth-order valence-corrected chi connectivity index (χ4v) is 1.08. The van der Waals surface area contributed by atoms with Crippen LogP contribution in [-0.4, -0.2) is 21.7 Å². The van der Waals surface area contributed by atoms with E-state index >= 15 is 0 Å². The Morgan fingerprint density at radius 1 is 1.55 bits per heavy atom. The third-order valence-corrected chi connectivity index (χ3v) is 1.87. The maximum Gasteiger partial charge on any atom is 0.153 e. The van der Waals surface area contributed by atoms with Crippen molar-refractivity contribution in [3.63, 3.8) is 0 Å². The fourth-order valence-electron chi connectivity index (χ4n) is 1.08. The number of hydrogen-bond donors (Lipinski definition) is 2. The Morgan fingerprint density at radius 3 is 3.00 bits per heavy atom. The van der Waals surface area contributed by atoms with Crippen LogP contribution in [0, 0.1) is 0 Å². The summed E-state index contributed by atoms with van der Waals surface area (Å²) in [6.07, 6.45) is 3.31. The topological polar surface area (TPSA) is 67.6 Å². The molecule has 1 heterocycles. The van der Waals surface area contributed by atoms with Crippen LogP contribution in [-0.2, 0) is 6.42 Å². The van der Waals surface area contributed by atoms with Gasteiger partial charge < -0.3 is 5.73 Å². The Kier molecular flexibility index (Phi) is 1.62. The van der Waals surface area contributed by atoms with Crippen molar-refractivity contribution < 1.29 is 0 Å². The molecule has 4 heteroatoms. The van der Waals surface area contributed by atoms with Gasteiger partial charge in [-0.15, -0.1) is 0 Å². The van der Waals surface area contributed by atoms with Crippen LogP contribution in [0.15, 0.2) is 0 Å². The molecule has 0 unspecified atom stereocenters. The van der Waals surface area contributed by atoms with Gasteiger partial charge in [0.15, 0.2) is 5.82 Å². The standard InChI is InChI=1S/C7H12N4/c8-4-3-6-9-7(11-10-6)5-1-2-5/h5H,1-4,8H2,(H,9,10,11). The molecule has 4 nitrogen and oxygen atoms in total. The fraction of sp³-hybridized carbons (Fsp3) is 0.714. The van der Waals surface area contributed by atoms with E-state index in [1.54, 1.807) is 0 Å².